The first-order chi connectivity index (χ1) is 20.4. The van der Waals surface area contributed by atoms with Crippen LogP contribution < -0.4 is 15.5 Å². The SMILES string of the molecule is O=C(Nc1ccc(N2CCCN(Cc3ccccc3F)CC2)c(C(=O)NCc2ccc(F)cc2)c1)c1ccc(F)cc1. The minimum atomic E-state index is -0.444. The van der Waals surface area contributed by atoms with Crippen molar-refractivity contribution in [3.05, 3.63) is 131 Å². The maximum Gasteiger partial charge on any atom is 0.255 e. The monoisotopic (exact) mass is 572 g/mol. The molecule has 0 aliphatic carbocycles. The summed E-state index contributed by atoms with van der Waals surface area (Å²) in [5.41, 5.74) is 3.16. The molecule has 1 aliphatic rings. The van der Waals surface area contributed by atoms with Crippen molar-refractivity contribution in [1.29, 1.82) is 0 Å². The van der Waals surface area contributed by atoms with Gasteiger partial charge in [-0.05, 0) is 72.6 Å². The van der Waals surface area contributed by atoms with Crippen molar-refractivity contribution in [3.63, 3.8) is 0 Å². The number of amides is 2. The van der Waals surface area contributed by atoms with E-state index in [1.165, 1.54) is 42.5 Å². The molecule has 0 atom stereocenters. The van der Waals surface area contributed by atoms with Crippen LogP contribution in [-0.2, 0) is 13.1 Å². The standard InChI is InChI=1S/C33H31F3N4O2/c34-26-10-6-23(7-11-26)21-37-33(42)29-20-28(38-32(41)24-8-12-27(35)13-9-24)14-15-31(29)40-17-3-16-39(18-19-40)22-25-4-1-2-5-30(25)36/h1-2,4-15,20H,3,16-19,21-22H2,(H,37,42)(H,38,41). The van der Waals surface area contributed by atoms with Gasteiger partial charge in [-0.1, -0.05) is 30.3 Å². The van der Waals surface area contributed by atoms with Crippen molar-refractivity contribution in [3.8, 4) is 0 Å². The molecule has 0 unspecified atom stereocenters. The van der Waals surface area contributed by atoms with Crippen LogP contribution in [0.15, 0.2) is 91.0 Å². The van der Waals surface area contributed by atoms with Gasteiger partial charge in [0.05, 0.1) is 5.56 Å². The smallest absolute Gasteiger partial charge is 0.255 e. The molecule has 0 aromatic heterocycles. The highest BCUT2D eigenvalue weighted by molar-refractivity contribution is 6.06. The highest BCUT2D eigenvalue weighted by atomic mass is 19.1. The minimum Gasteiger partial charge on any atom is -0.370 e. The van der Waals surface area contributed by atoms with E-state index in [9.17, 15) is 22.8 Å². The van der Waals surface area contributed by atoms with Crippen LogP contribution in [-0.4, -0.2) is 42.9 Å². The number of halogens is 3. The Labute approximate surface area is 242 Å². The molecule has 42 heavy (non-hydrogen) atoms. The van der Waals surface area contributed by atoms with Gasteiger partial charge in [0.2, 0.25) is 0 Å². The van der Waals surface area contributed by atoms with Gasteiger partial charge in [0.15, 0.2) is 0 Å². The molecule has 2 amide bonds. The minimum absolute atomic E-state index is 0.196. The van der Waals surface area contributed by atoms with Gasteiger partial charge in [0.1, 0.15) is 17.5 Å². The number of nitrogens with one attached hydrogen (secondary N) is 2. The van der Waals surface area contributed by atoms with Crippen molar-refractivity contribution in [2.24, 2.45) is 0 Å². The third kappa shape index (κ3) is 7.36. The topological polar surface area (TPSA) is 64.7 Å². The Morgan fingerprint density at radius 3 is 2.19 bits per heavy atom. The molecule has 5 rings (SSSR count). The average molecular weight is 573 g/mol. The molecular weight excluding hydrogens is 541 g/mol. The number of nitrogens with zero attached hydrogens (tertiary/aromatic N) is 2. The third-order valence-corrected chi connectivity index (χ3v) is 7.25. The fourth-order valence-electron chi connectivity index (χ4n) is 4.99. The summed E-state index contributed by atoms with van der Waals surface area (Å²) in [7, 11) is 0. The lowest BCUT2D eigenvalue weighted by Gasteiger charge is -2.26. The molecule has 6 nitrogen and oxygen atoms in total. The highest BCUT2D eigenvalue weighted by Gasteiger charge is 2.22. The second-order valence-corrected chi connectivity index (χ2v) is 10.2. The molecule has 1 fully saturated rings. The number of hydrogen-bond donors (Lipinski definition) is 2. The van der Waals surface area contributed by atoms with Crippen LogP contribution >= 0.6 is 0 Å². The second-order valence-electron chi connectivity index (χ2n) is 10.2. The van der Waals surface area contributed by atoms with E-state index in [0.717, 1.165) is 18.5 Å². The van der Waals surface area contributed by atoms with Gasteiger partial charge in [-0.3, -0.25) is 14.5 Å². The molecule has 9 heteroatoms. The Kier molecular flexibility index (Phi) is 9.18. The largest absolute Gasteiger partial charge is 0.370 e. The summed E-state index contributed by atoms with van der Waals surface area (Å²) in [5.74, 6) is -1.81. The normalized spacial score (nSPS) is 13.8. The number of rotatable bonds is 8. The Morgan fingerprint density at radius 2 is 1.45 bits per heavy atom. The van der Waals surface area contributed by atoms with Gasteiger partial charge < -0.3 is 15.5 Å². The molecular formula is C33H31F3N4O2. The zero-order valence-electron chi connectivity index (χ0n) is 23.0. The van der Waals surface area contributed by atoms with Crippen molar-refractivity contribution < 1.29 is 22.8 Å². The van der Waals surface area contributed by atoms with Crippen molar-refractivity contribution in [1.82, 2.24) is 10.2 Å². The van der Waals surface area contributed by atoms with E-state index in [0.29, 0.717) is 48.7 Å². The summed E-state index contributed by atoms with van der Waals surface area (Å²) in [6.07, 6.45) is 0.814. The van der Waals surface area contributed by atoms with E-state index >= 15 is 0 Å². The van der Waals surface area contributed by atoms with Crippen LogP contribution in [0.3, 0.4) is 0 Å². The van der Waals surface area contributed by atoms with E-state index in [1.807, 2.05) is 6.07 Å². The van der Waals surface area contributed by atoms with Gasteiger partial charge >= 0.3 is 0 Å². The maximum absolute atomic E-state index is 14.3. The Hall–Kier alpha value is -4.63. The van der Waals surface area contributed by atoms with Gasteiger partial charge in [-0.2, -0.15) is 0 Å². The average Bonchev–Trinajstić information content (AvgIpc) is 3.23. The molecule has 0 saturated carbocycles. The fraction of sp³-hybridized carbons (Fsp3) is 0.212. The Morgan fingerprint density at radius 1 is 0.738 bits per heavy atom. The first kappa shape index (κ1) is 28.9. The van der Waals surface area contributed by atoms with Gasteiger partial charge in [-0.15, -0.1) is 0 Å². The van der Waals surface area contributed by atoms with Crippen molar-refractivity contribution in [2.75, 3.05) is 36.4 Å². The summed E-state index contributed by atoms with van der Waals surface area (Å²) in [6, 6.07) is 23.0. The van der Waals surface area contributed by atoms with E-state index < -0.39 is 11.7 Å². The van der Waals surface area contributed by atoms with Crippen molar-refractivity contribution in [2.45, 2.75) is 19.5 Å². The molecule has 2 N–H and O–H groups in total. The molecule has 1 saturated heterocycles. The van der Waals surface area contributed by atoms with Gasteiger partial charge in [-0.25, -0.2) is 13.2 Å². The van der Waals surface area contributed by atoms with E-state index in [1.54, 1.807) is 42.5 Å². The molecule has 4 aromatic carbocycles. The zero-order valence-corrected chi connectivity index (χ0v) is 23.0. The number of carbonyl (C=O) groups excluding carboxylic acids is 2. The quantitative estimate of drug-likeness (QED) is 0.272. The molecule has 4 aromatic rings. The second kappa shape index (κ2) is 13.4. The molecule has 216 valence electrons. The molecule has 0 radical (unpaired) electrons. The molecule has 1 aliphatic heterocycles. The summed E-state index contributed by atoms with van der Waals surface area (Å²) >= 11 is 0. The summed E-state index contributed by atoms with van der Waals surface area (Å²) in [6.45, 7) is 3.46. The lowest BCUT2D eigenvalue weighted by atomic mass is 10.1. The van der Waals surface area contributed by atoms with Gasteiger partial charge in [0.25, 0.3) is 11.8 Å². The Balaban J connectivity index is 1.35. The third-order valence-electron chi connectivity index (χ3n) is 7.25. The zero-order chi connectivity index (χ0) is 29.5. The van der Waals surface area contributed by atoms with E-state index in [4.69, 9.17) is 0 Å². The predicted molar refractivity (Wildman–Crippen MR) is 157 cm³/mol. The summed E-state index contributed by atoms with van der Waals surface area (Å²) in [5, 5.41) is 5.69. The first-order valence-electron chi connectivity index (χ1n) is 13.8. The van der Waals surface area contributed by atoms with Crippen LogP contribution in [0.2, 0.25) is 0 Å². The molecule has 0 bridgehead atoms. The molecule has 1 heterocycles. The fourth-order valence-corrected chi connectivity index (χ4v) is 4.99. The summed E-state index contributed by atoms with van der Waals surface area (Å²) < 4.78 is 40.9. The molecule has 0 spiro atoms. The number of carbonyl (C=O) groups is 2. The van der Waals surface area contributed by atoms with Gasteiger partial charge in [0, 0.05) is 61.8 Å². The van der Waals surface area contributed by atoms with E-state index in [2.05, 4.69) is 20.4 Å². The lowest BCUT2D eigenvalue weighted by molar-refractivity contribution is 0.0950. The highest BCUT2D eigenvalue weighted by Crippen LogP contribution is 2.27. The van der Waals surface area contributed by atoms with Crippen LogP contribution in [0.25, 0.3) is 0 Å². The summed E-state index contributed by atoms with van der Waals surface area (Å²) in [4.78, 5) is 30.6. The van der Waals surface area contributed by atoms with Crippen LogP contribution in [0.5, 0.6) is 0 Å². The van der Waals surface area contributed by atoms with Crippen LogP contribution in [0, 0.1) is 17.5 Å². The van der Waals surface area contributed by atoms with Crippen LogP contribution in [0.1, 0.15) is 38.3 Å². The number of hydrogen-bond acceptors (Lipinski definition) is 4. The maximum atomic E-state index is 14.3. The lowest BCUT2D eigenvalue weighted by Crippen LogP contribution is -2.33. The number of benzene rings is 4. The Bertz CT molecular complexity index is 1540. The van der Waals surface area contributed by atoms with E-state index in [-0.39, 0.29) is 29.6 Å². The first-order valence-corrected chi connectivity index (χ1v) is 13.8. The van der Waals surface area contributed by atoms with Crippen LogP contribution in [0.4, 0.5) is 24.5 Å². The van der Waals surface area contributed by atoms with Crippen molar-refractivity contribution >= 4 is 23.2 Å². The predicted octanol–water partition coefficient (Wildman–Crippen LogP) is 6.00. The number of anilines is 2.